The second-order valence-electron chi connectivity index (χ2n) is 4.74. The Balaban J connectivity index is 1.82. The Kier molecular flexibility index (Phi) is 2.52. The van der Waals surface area contributed by atoms with Crippen molar-refractivity contribution in [1.29, 1.82) is 0 Å². The molecule has 2 N–H and O–H groups in total. The molecule has 4 nitrogen and oxygen atoms in total. The molecule has 1 amide bonds. The van der Waals surface area contributed by atoms with Crippen LogP contribution in [0.15, 0.2) is 18.2 Å². The molecular formula is C13H16N2O2. The van der Waals surface area contributed by atoms with Gasteiger partial charge in [-0.1, -0.05) is 0 Å². The van der Waals surface area contributed by atoms with Gasteiger partial charge >= 0.3 is 0 Å². The number of carbonyl (C=O) groups is 1. The van der Waals surface area contributed by atoms with Crippen LogP contribution in [-0.4, -0.2) is 41.7 Å². The van der Waals surface area contributed by atoms with Crippen LogP contribution in [-0.2, 0) is 6.42 Å². The maximum Gasteiger partial charge on any atom is 0.253 e. The number of nitrogens with zero attached hydrogens (tertiary/aromatic N) is 1. The summed E-state index contributed by atoms with van der Waals surface area (Å²) in [6.45, 7) is 2.08. The largest absolute Gasteiger partial charge is 0.391 e. The van der Waals surface area contributed by atoms with Crippen molar-refractivity contribution in [3.8, 4) is 0 Å². The summed E-state index contributed by atoms with van der Waals surface area (Å²) in [6, 6.07) is 5.81. The average molecular weight is 232 g/mol. The minimum atomic E-state index is -0.352. The molecule has 2 heterocycles. The molecule has 0 radical (unpaired) electrons. The molecule has 2 aliphatic heterocycles. The lowest BCUT2D eigenvalue weighted by Gasteiger charge is -2.16. The highest BCUT2D eigenvalue weighted by atomic mass is 16.3. The predicted molar refractivity (Wildman–Crippen MR) is 65.2 cm³/mol. The van der Waals surface area contributed by atoms with E-state index in [2.05, 4.69) is 5.32 Å². The molecule has 0 aliphatic carbocycles. The van der Waals surface area contributed by atoms with Crippen molar-refractivity contribution in [2.45, 2.75) is 18.9 Å². The molecule has 17 heavy (non-hydrogen) atoms. The van der Waals surface area contributed by atoms with Crippen LogP contribution in [0.2, 0.25) is 0 Å². The molecule has 0 unspecified atom stereocenters. The average Bonchev–Trinajstić information content (AvgIpc) is 2.95. The molecule has 1 aromatic rings. The highest BCUT2D eigenvalue weighted by molar-refractivity contribution is 5.95. The lowest BCUT2D eigenvalue weighted by molar-refractivity contribution is 0.0765. The smallest absolute Gasteiger partial charge is 0.253 e. The number of hydrogen-bond donors (Lipinski definition) is 2. The van der Waals surface area contributed by atoms with Gasteiger partial charge in [-0.05, 0) is 36.6 Å². The standard InChI is InChI=1S/C13H16N2O2/c16-11-4-6-15(8-11)13(17)10-1-2-12-9(7-10)3-5-14-12/h1-2,7,11,14,16H,3-6,8H2/t11-/m1/s1. The van der Waals surface area contributed by atoms with Crippen LogP contribution in [0.25, 0.3) is 0 Å². The van der Waals surface area contributed by atoms with Crippen LogP contribution in [0.3, 0.4) is 0 Å². The highest BCUT2D eigenvalue weighted by Crippen LogP contribution is 2.24. The summed E-state index contributed by atoms with van der Waals surface area (Å²) in [5, 5.41) is 12.7. The molecular weight excluding hydrogens is 216 g/mol. The van der Waals surface area contributed by atoms with E-state index in [4.69, 9.17) is 0 Å². The van der Waals surface area contributed by atoms with E-state index >= 15 is 0 Å². The van der Waals surface area contributed by atoms with Crippen LogP contribution in [0.1, 0.15) is 22.3 Å². The van der Waals surface area contributed by atoms with Crippen LogP contribution in [0, 0.1) is 0 Å². The van der Waals surface area contributed by atoms with Crippen LogP contribution in [0.4, 0.5) is 5.69 Å². The highest BCUT2D eigenvalue weighted by Gasteiger charge is 2.26. The van der Waals surface area contributed by atoms with Gasteiger partial charge in [-0.15, -0.1) is 0 Å². The van der Waals surface area contributed by atoms with Crippen LogP contribution >= 0.6 is 0 Å². The van der Waals surface area contributed by atoms with Gasteiger partial charge in [0.2, 0.25) is 0 Å². The minimum Gasteiger partial charge on any atom is -0.391 e. The van der Waals surface area contributed by atoms with Gasteiger partial charge in [-0.25, -0.2) is 0 Å². The van der Waals surface area contributed by atoms with Crippen molar-refractivity contribution in [3.63, 3.8) is 0 Å². The van der Waals surface area contributed by atoms with E-state index in [1.165, 1.54) is 5.56 Å². The Bertz CT molecular complexity index is 459. The molecule has 0 spiro atoms. The quantitative estimate of drug-likeness (QED) is 0.755. The van der Waals surface area contributed by atoms with Crippen molar-refractivity contribution in [1.82, 2.24) is 4.90 Å². The SMILES string of the molecule is O=C(c1ccc2c(c1)CCN2)N1CC[C@@H](O)C1. The van der Waals surface area contributed by atoms with E-state index in [1.54, 1.807) is 4.90 Å². The third kappa shape index (κ3) is 1.89. The number of rotatable bonds is 1. The monoisotopic (exact) mass is 232 g/mol. The van der Waals surface area contributed by atoms with Gasteiger partial charge in [0, 0.05) is 30.9 Å². The van der Waals surface area contributed by atoms with E-state index in [0.29, 0.717) is 19.5 Å². The van der Waals surface area contributed by atoms with Crippen LogP contribution < -0.4 is 5.32 Å². The summed E-state index contributed by atoms with van der Waals surface area (Å²) in [4.78, 5) is 13.9. The zero-order valence-corrected chi connectivity index (χ0v) is 9.65. The second kappa shape index (κ2) is 4.04. The Labute approximate surface area is 100 Å². The molecule has 90 valence electrons. The number of anilines is 1. The number of benzene rings is 1. The number of likely N-dealkylation sites (tertiary alicyclic amines) is 1. The third-order valence-electron chi connectivity index (χ3n) is 3.51. The molecule has 1 fully saturated rings. The van der Waals surface area contributed by atoms with Crippen molar-refractivity contribution in [2.75, 3.05) is 25.0 Å². The lowest BCUT2D eigenvalue weighted by Crippen LogP contribution is -2.29. The third-order valence-corrected chi connectivity index (χ3v) is 3.51. The summed E-state index contributed by atoms with van der Waals surface area (Å²) in [6.07, 6.45) is 1.33. The van der Waals surface area contributed by atoms with Crippen LogP contribution in [0.5, 0.6) is 0 Å². The summed E-state index contributed by atoms with van der Waals surface area (Å²) >= 11 is 0. The van der Waals surface area contributed by atoms with Crippen molar-refractivity contribution in [3.05, 3.63) is 29.3 Å². The fourth-order valence-corrected chi connectivity index (χ4v) is 2.55. The first kappa shape index (κ1) is 10.6. The van der Waals surface area contributed by atoms with Gasteiger partial charge in [0.15, 0.2) is 0 Å². The molecule has 1 atom stereocenters. The van der Waals surface area contributed by atoms with E-state index in [-0.39, 0.29) is 12.0 Å². The van der Waals surface area contributed by atoms with Crippen molar-refractivity contribution < 1.29 is 9.90 Å². The Morgan fingerprint density at radius 2 is 2.35 bits per heavy atom. The second-order valence-corrected chi connectivity index (χ2v) is 4.74. The van der Waals surface area contributed by atoms with Gasteiger partial charge in [0.05, 0.1) is 6.10 Å². The van der Waals surface area contributed by atoms with Gasteiger partial charge in [0.25, 0.3) is 5.91 Å². The molecule has 3 rings (SSSR count). The molecule has 4 heteroatoms. The number of carbonyl (C=O) groups excluding carboxylic acids is 1. The number of amides is 1. The first-order valence-electron chi connectivity index (χ1n) is 6.08. The van der Waals surface area contributed by atoms with Gasteiger partial charge < -0.3 is 15.3 Å². The van der Waals surface area contributed by atoms with Gasteiger partial charge in [0.1, 0.15) is 0 Å². The normalized spacial score (nSPS) is 22.4. The molecule has 0 saturated carbocycles. The molecule has 0 aromatic heterocycles. The predicted octanol–water partition coefficient (Wildman–Crippen LogP) is 0.861. The van der Waals surface area contributed by atoms with E-state index in [9.17, 15) is 9.90 Å². The minimum absolute atomic E-state index is 0.0382. The lowest BCUT2D eigenvalue weighted by atomic mass is 10.1. The molecule has 2 aliphatic rings. The Hall–Kier alpha value is -1.55. The number of aliphatic hydroxyl groups excluding tert-OH is 1. The molecule has 0 bridgehead atoms. The van der Waals surface area contributed by atoms with E-state index in [1.807, 2.05) is 18.2 Å². The number of hydrogen-bond acceptors (Lipinski definition) is 3. The number of fused-ring (bicyclic) bond motifs is 1. The molecule has 1 aromatic carbocycles. The zero-order valence-electron chi connectivity index (χ0n) is 9.65. The van der Waals surface area contributed by atoms with Gasteiger partial charge in [-0.3, -0.25) is 4.79 Å². The summed E-state index contributed by atoms with van der Waals surface area (Å²) < 4.78 is 0. The summed E-state index contributed by atoms with van der Waals surface area (Å²) in [5.41, 5.74) is 3.10. The number of nitrogens with one attached hydrogen (secondary N) is 1. The van der Waals surface area contributed by atoms with Gasteiger partial charge in [-0.2, -0.15) is 0 Å². The zero-order chi connectivity index (χ0) is 11.8. The maximum atomic E-state index is 12.2. The van der Waals surface area contributed by atoms with Crippen molar-refractivity contribution >= 4 is 11.6 Å². The van der Waals surface area contributed by atoms with Crippen molar-refractivity contribution in [2.24, 2.45) is 0 Å². The summed E-state index contributed by atoms with van der Waals surface area (Å²) in [5.74, 6) is 0.0382. The fraction of sp³-hybridized carbons (Fsp3) is 0.462. The summed E-state index contributed by atoms with van der Waals surface area (Å²) in [7, 11) is 0. The van der Waals surface area contributed by atoms with E-state index < -0.39 is 0 Å². The maximum absolute atomic E-state index is 12.2. The first-order chi connectivity index (χ1) is 8.24. The fourth-order valence-electron chi connectivity index (χ4n) is 2.55. The molecule has 1 saturated heterocycles. The number of β-amino-alcohol motifs (C(OH)–C–C–N with tert-alkyl or cyclic N) is 1. The Morgan fingerprint density at radius 3 is 3.12 bits per heavy atom. The topological polar surface area (TPSA) is 52.6 Å². The van der Waals surface area contributed by atoms with E-state index in [0.717, 1.165) is 24.2 Å². The number of aliphatic hydroxyl groups is 1. The Morgan fingerprint density at radius 1 is 1.47 bits per heavy atom. The first-order valence-corrected chi connectivity index (χ1v) is 6.08.